The van der Waals surface area contributed by atoms with Gasteiger partial charge in [-0.05, 0) is 61.9 Å². The lowest BCUT2D eigenvalue weighted by atomic mass is 10.2. The molecule has 0 saturated carbocycles. The molecule has 1 atom stereocenters. The molecule has 0 bridgehead atoms. The molecule has 0 spiro atoms. The van der Waals surface area contributed by atoms with E-state index in [4.69, 9.17) is 14.2 Å². The van der Waals surface area contributed by atoms with E-state index in [0.29, 0.717) is 38.6 Å². The normalized spacial score (nSPS) is 15.6. The zero-order chi connectivity index (χ0) is 24.6. The smallest absolute Gasteiger partial charge is 0.331 e. The van der Waals surface area contributed by atoms with Gasteiger partial charge in [0.2, 0.25) is 10.0 Å². The van der Waals surface area contributed by atoms with Crippen LogP contribution in [0.25, 0.3) is 6.08 Å². The minimum absolute atomic E-state index is 0.131. The van der Waals surface area contributed by atoms with Crippen molar-refractivity contribution in [2.75, 3.05) is 38.2 Å². The Bertz CT molecular complexity index is 1110. The van der Waals surface area contributed by atoms with Crippen molar-refractivity contribution in [1.29, 1.82) is 0 Å². The third-order valence-corrected chi connectivity index (χ3v) is 6.91. The van der Waals surface area contributed by atoms with E-state index >= 15 is 0 Å². The van der Waals surface area contributed by atoms with Crippen LogP contribution in [0.3, 0.4) is 0 Å². The highest BCUT2D eigenvalue weighted by Crippen LogP contribution is 2.20. The van der Waals surface area contributed by atoms with Gasteiger partial charge in [0, 0.05) is 24.9 Å². The monoisotopic (exact) mass is 488 g/mol. The maximum atomic E-state index is 12.7. The van der Waals surface area contributed by atoms with Gasteiger partial charge in [-0.15, -0.1) is 0 Å². The van der Waals surface area contributed by atoms with Crippen LogP contribution in [0.1, 0.15) is 19.4 Å². The van der Waals surface area contributed by atoms with Crippen LogP contribution in [0, 0.1) is 0 Å². The van der Waals surface area contributed by atoms with Gasteiger partial charge in [-0.25, -0.2) is 13.2 Å². The van der Waals surface area contributed by atoms with Crippen molar-refractivity contribution >= 4 is 33.7 Å². The molecule has 1 aliphatic heterocycles. The van der Waals surface area contributed by atoms with Crippen LogP contribution < -0.4 is 10.1 Å². The molecule has 1 saturated heterocycles. The molecular formula is C24H28N2O7S. The molecule has 1 amide bonds. The number of amides is 1. The fraction of sp³-hybridized carbons (Fsp3) is 0.333. The summed E-state index contributed by atoms with van der Waals surface area (Å²) in [5, 5.41) is 2.61. The fourth-order valence-corrected chi connectivity index (χ4v) is 4.57. The summed E-state index contributed by atoms with van der Waals surface area (Å²) in [5.74, 6) is -0.464. The van der Waals surface area contributed by atoms with Crippen molar-refractivity contribution < 1.29 is 32.2 Å². The molecule has 1 unspecified atom stereocenters. The average Bonchev–Trinajstić information content (AvgIpc) is 2.84. The van der Waals surface area contributed by atoms with Crippen LogP contribution in [0.5, 0.6) is 5.75 Å². The molecule has 0 aliphatic carbocycles. The van der Waals surface area contributed by atoms with Gasteiger partial charge in [-0.3, -0.25) is 4.79 Å². The van der Waals surface area contributed by atoms with Crippen LogP contribution in [-0.4, -0.2) is 63.6 Å². The highest BCUT2D eigenvalue weighted by atomic mass is 32.2. The summed E-state index contributed by atoms with van der Waals surface area (Å²) in [4.78, 5) is 24.6. The van der Waals surface area contributed by atoms with E-state index < -0.39 is 28.0 Å². The van der Waals surface area contributed by atoms with Crippen LogP contribution in [0.2, 0.25) is 0 Å². The standard InChI is InChI=1S/C24H28N2O7S/c1-3-32-21-9-4-19(5-10-21)6-13-23(27)33-18(2)24(28)25-20-7-11-22(12-8-20)34(29,30)26-14-16-31-17-15-26/h4-13,18H,3,14-17H2,1-2H3,(H,25,28)/b13-6+. The molecule has 2 aromatic rings. The number of anilines is 1. The van der Waals surface area contributed by atoms with Gasteiger partial charge in [-0.2, -0.15) is 4.31 Å². The first-order chi connectivity index (χ1) is 16.3. The molecule has 10 heteroatoms. The number of ether oxygens (including phenoxy) is 3. The summed E-state index contributed by atoms with van der Waals surface area (Å²) in [6.45, 7) is 5.24. The number of nitrogens with one attached hydrogen (secondary N) is 1. The summed E-state index contributed by atoms with van der Waals surface area (Å²) >= 11 is 0. The molecule has 1 heterocycles. The number of carbonyl (C=O) groups is 2. The third-order valence-electron chi connectivity index (χ3n) is 4.99. The first-order valence-electron chi connectivity index (χ1n) is 10.9. The number of morpholine rings is 1. The highest BCUT2D eigenvalue weighted by Gasteiger charge is 2.26. The number of rotatable bonds is 9. The Hall–Kier alpha value is -3.21. The van der Waals surface area contributed by atoms with Crippen LogP contribution in [0.15, 0.2) is 59.5 Å². The third kappa shape index (κ3) is 6.89. The minimum atomic E-state index is -3.62. The maximum absolute atomic E-state index is 12.7. The number of esters is 1. The molecule has 9 nitrogen and oxygen atoms in total. The zero-order valence-electron chi connectivity index (χ0n) is 19.1. The van der Waals surface area contributed by atoms with Crippen LogP contribution >= 0.6 is 0 Å². The van der Waals surface area contributed by atoms with E-state index in [1.54, 1.807) is 30.3 Å². The Morgan fingerprint density at radius 2 is 1.74 bits per heavy atom. The maximum Gasteiger partial charge on any atom is 0.331 e. The van der Waals surface area contributed by atoms with Gasteiger partial charge in [0.1, 0.15) is 5.75 Å². The Labute approximate surface area is 199 Å². The van der Waals surface area contributed by atoms with Crippen molar-refractivity contribution in [2.24, 2.45) is 0 Å². The average molecular weight is 489 g/mol. The lowest BCUT2D eigenvalue weighted by Crippen LogP contribution is -2.40. The molecule has 182 valence electrons. The van der Waals surface area contributed by atoms with Crippen LogP contribution in [-0.2, 0) is 29.1 Å². The SMILES string of the molecule is CCOc1ccc(/C=C/C(=O)OC(C)C(=O)Nc2ccc(S(=O)(=O)N3CCOCC3)cc2)cc1. The number of benzene rings is 2. The highest BCUT2D eigenvalue weighted by molar-refractivity contribution is 7.89. The quantitative estimate of drug-likeness (QED) is 0.427. The molecule has 0 radical (unpaired) electrons. The largest absolute Gasteiger partial charge is 0.494 e. The summed E-state index contributed by atoms with van der Waals surface area (Å²) in [7, 11) is -3.62. The molecule has 1 N–H and O–H groups in total. The van der Waals surface area contributed by atoms with E-state index in [0.717, 1.165) is 11.3 Å². The number of hydrogen-bond donors (Lipinski definition) is 1. The van der Waals surface area contributed by atoms with Gasteiger partial charge in [-0.1, -0.05) is 12.1 Å². The van der Waals surface area contributed by atoms with Crippen molar-refractivity contribution in [3.63, 3.8) is 0 Å². The second-order valence-electron chi connectivity index (χ2n) is 7.44. The van der Waals surface area contributed by atoms with Crippen molar-refractivity contribution in [1.82, 2.24) is 4.31 Å². The summed E-state index contributed by atoms with van der Waals surface area (Å²) < 4.78 is 42.4. The number of carbonyl (C=O) groups excluding carboxylic acids is 2. The van der Waals surface area contributed by atoms with Gasteiger partial charge >= 0.3 is 5.97 Å². The van der Waals surface area contributed by atoms with Crippen molar-refractivity contribution in [2.45, 2.75) is 24.8 Å². The second-order valence-corrected chi connectivity index (χ2v) is 9.38. The van der Waals surface area contributed by atoms with Crippen molar-refractivity contribution in [3.8, 4) is 5.75 Å². The van der Waals surface area contributed by atoms with E-state index in [1.807, 2.05) is 6.92 Å². The summed E-state index contributed by atoms with van der Waals surface area (Å²) in [6.07, 6.45) is 1.77. The summed E-state index contributed by atoms with van der Waals surface area (Å²) in [6, 6.07) is 13.0. The van der Waals surface area contributed by atoms with Gasteiger partial charge in [0.05, 0.1) is 24.7 Å². The molecule has 1 fully saturated rings. The van der Waals surface area contributed by atoms with E-state index in [9.17, 15) is 18.0 Å². The van der Waals surface area contributed by atoms with Gasteiger partial charge in [0.25, 0.3) is 5.91 Å². The predicted molar refractivity (Wildman–Crippen MR) is 127 cm³/mol. The first-order valence-corrected chi connectivity index (χ1v) is 12.3. The van der Waals surface area contributed by atoms with Crippen molar-refractivity contribution in [3.05, 3.63) is 60.2 Å². The molecule has 3 rings (SSSR count). The Balaban J connectivity index is 1.52. The lowest BCUT2D eigenvalue weighted by Gasteiger charge is -2.26. The number of sulfonamides is 1. The lowest BCUT2D eigenvalue weighted by molar-refractivity contribution is -0.148. The zero-order valence-corrected chi connectivity index (χ0v) is 19.9. The van der Waals surface area contributed by atoms with E-state index in [1.165, 1.54) is 41.6 Å². The Morgan fingerprint density at radius 3 is 2.35 bits per heavy atom. The fourth-order valence-electron chi connectivity index (χ4n) is 3.16. The molecule has 2 aromatic carbocycles. The molecular weight excluding hydrogens is 460 g/mol. The van der Waals surface area contributed by atoms with E-state index in [-0.39, 0.29) is 4.90 Å². The van der Waals surface area contributed by atoms with Crippen LogP contribution in [0.4, 0.5) is 5.69 Å². The number of hydrogen-bond acceptors (Lipinski definition) is 7. The molecule has 0 aromatic heterocycles. The Kier molecular flexibility index (Phi) is 8.80. The predicted octanol–water partition coefficient (Wildman–Crippen LogP) is 2.69. The Morgan fingerprint density at radius 1 is 1.09 bits per heavy atom. The van der Waals surface area contributed by atoms with Gasteiger partial charge in [0.15, 0.2) is 6.10 Å². The second kappa shape index (κ2) is 11.8. The first kappa shape index (κ1) is 25.4. The topological polar surface area (TPSA) is 111 Å². The number of nitrogens with zero attached hydrogens (tertiary/aromatic N) is 1. The molecule has 1 aliphatic rings. The molecule has 34 heavy (non-hydrogen) atoms. The minimum Gasteiger partial charge on any atom is -0.494 e. The van der Waals surface area contributed by atoms with Gasteiger partial charge < -0.3 is 19.5 Å². The summed E-state index contributed by atoms with van der Waals surface area (Å²) in [5.41, 5.74) is 1.17. The van der Waals surface area contributed by atoms with E-state index in [2.05, 4.69) is 5.32 Å².